The zero-order chi connectivity index (χ0) is 11.2. The van der Waals surface area contributed by atoms with E-state index in [0.717, 1.165) is 6.07 Å². The van der Waals surface area contributed by atoms with Crippen molar-refractivity contribution in [2.45, 2.75) is 26.1 Å². The number of halogens is 3. The molecular weight excluding hydrogens is 209 g/mol. The topological polar surface area (TPSA) is 18.5 Å². The van der Waals surface area contributed by atoms with E-state index in [1.807, 2.05) is 0 Å². The fourth-order valence-electron chi connectivity index (χ4n) is 1.43. The Balaban J connectivity index is 2.45. The SMILES string of the molecule is CC(C)c1cc2c(cc1F)OC(F)(F)O2. The number of benzene rings is 1. The Morgan fingerprint density at radius 3 is 2.20 bits per heavy atom. The second-order valence-corrected chi connectivity index (χ2v) is 3.64. The number of fused-ring (bicyclic) bond motifs is 1. The van der Waals surface area contributed by atoms with E-state index in [1.54, 1.807) is 13.8 Å². The van der Waals surface area contributed by atoms with Gasteiger partial charge in [0.15, 0.2) is 11.5 Å². The highest BCUT2D eigenvalue weighted by molar-refractivity contribution is 5.46. The molecule has 15 heavy (non-hydrogen) atoms. The zero-order valence-electron chi connectivity index (χ0n) is 8.18. The summed E-state index contributed by atoms with van der Waals surface area (Å²) in [4.78, 5) is 0. The van der Waals surface area contributed by atoms with Crippen LogP contribution in [0.5, 0.6) is 11.5 Å². The molecule has 5 heteroatoms. The van der Waals surface area contributed by atoms with E-state index in [1.165, 1.54) is 6.07 Å². The van der Waals surface area contributed by atoms with Crippen LogP contribution in [0.4, 0.5) is 13.2 Å². The number of ether oxygens (including phenoxy) is 2. The number of alkyl halides is 2. The summed E-state index contributed by atoms with van der Waals surface area (Å²) >= 11 is 0. The first-order chi connectivity index (χ1) is 6.89. The lowest BCUT2D eigenvalue weighted by atomic mass is 10.0. The third-order valence-corrected chi connectivity index (χ3v) is 2.14. The van der Waals surface area contributed by atoms with Gasteiger partial charge in [-0.1, -0.05) is 13.8 Å². The molecule has 0 aliphatic carbocycles. The van der Waals surface area contributed by atoms with Crippen molar-refractivity contribution in [2.24, 2.45) is 0 Å². The smallest absolute Gasteiger partial charge is 0.395 e. The number of hydrogen-bond donors (Lipinski definition) is 0. The van der Waals surface area contributed by atoms with Crippen molar-refractivity contribution in [3.05, 3.63) is 23.5 Å². The van der Waals surface area contributed by atoms with Crippen LogP contribution in [0.15, 0.2) is 12.1 Å². The minimum atomic E-state index is -3.69. The fourth-order valence-corrected chi connectivity index (χ4v) is 1.43. The summed E-state index contributed by atoms with van der Waals surface area (Å²) in [5, 5.41) is 0. The Labute approximate surface area is 84.6 Å². The van der Waals surface area contributed by atoms with Crippen LogP contribution >= 0.6 is 0 Å². The average molecular weight is 218 g/mol. The van der Waals surface area contributed by atoms with Crippen LogP contribution in [-0.2, 0) is 0 Å². The molecule has 0 saturated carbocycles. The molecule has 0 fully saturated rings. The molecular formula is C10H9F3O2. The summed E-state index contributed by atoms with van der Waals surface area (Å²) in [7, 11) is 0. The van der Waals surface area contributed by atoms with Crippen molar-refractivity contribution in [1.29, 1.82) is 0 Å². The molecule has 0 unspecified atom stereocenters. The van der Waals surface area contributed by atoms with Crippen molar-refractivity contribution >= 4 is 0 Å². The van der Waals surface area contributed by atoms with Gasteiger partial charge < -0.3 is 9.47 Å². The first kappa shape index (κ1) is 10.1. The van der Waals surface area contributed by atoms with Crippen LogP contribution in [0.25, 0.3) is 0 Å². The van der Waals surface area contributed by atoms with Crippen molar-refractivity contribution < 1.29 is 22.6 Å². The van der Waals surface area contributed by atoms with Gasteiger partial charge in [-0.15, -0.1) is 8.78 Å². The minimum absolute atomic E-state index is 0.104. The Kier molecular flexibility index (Phi) is 2.06. The van der Waals surface area contributed by atoms with Gasteiger partial charge in [0, 0.05) is 6.07 Å². The zero-order valence-corrected chi connectivity index (χ0v) is 8.18. The van der Waals surface area contributed by atoms with Crippen LogP contribution in [0.1, 0.15) is 25.3 Å². The maximum atomic E-state index is 13.4. The number of rotatable bonds is 1. The molecule has 1 aliphatic rings. The predicted molar refractivity (Wildman–Crippen MR) is 46.7 cm³/mol. The summed E-state index contributed by atoms with van der Waals surface area (Å²) in [6, 6.07) is 2.17. The second-order valence-electron chi connectivity index (χ2n) is 3.64. The van der Waals surface area contributed by atoms with E-state index in [4.69, 9.17) is 0 Å². The summed E-state index contributed by atoms with van der Waals surface area (Å²) in [5.41, 5.74) is 0.329. The Bertz CT molecular complexity index is 402. The van der Waals surface area contributed by atoms with Gasteiger partial charge in [-0.25, -0.2) is 4.39 Å². The number of hydrogen-bond acceptors (Lipinski definition) is 2. The molecule has 0 radical (unpaired) electrons. The van der Waals surface area contributed by atoms with Gasteiger partial charge in [-0.2, -0.15) is 0 Å². The molecule has 2 rings (SSSR count). The quantitative estimate of drug-likeness (QED) is 0.720. The molecule has 82 valence electrons. The van der Waals surface area contributed by atoms with E-state index < -0.39 is 12.1 Å². The standard InChI is InChI=1S/C10H9F3O2/c1-5(2)6-3-8-9(4-7(6)11)15-10(12,13)14-8/h3-5H,1-2H3. The second kappa shape index (κ2) is 3.05. The van der Waals surface area contributed by atoms with Crippen molar-refractivity contribution in [3.8, 4) is 11.5 Å². The molecule has 2 nitrogen and oxygen atoms in total. The predicted octanol–water partition coefficient (Wildman–Crippen LogP) is 3.27. The summed E-state index contributed by atoms with van der Waals surface area (Å²) in [5.74, 6) is -1.05. The molecule has 0 N–H and O–H groups in total. The highest BCUT2D eigenvalue weighted by atomic mass is 19.3. The van der Waals surface area contributed by atoms with Gasteiger partial charge in [0.2, 0.25) is 0 Å². The van der Waals surface area contributed by atoms with E-state index in [9.17, 15) is 13.2 Å². The van der Waals surface area contributed by atoms with Crippen LogP contribution in [0.3, 0.4) is 0 Å². The van der Waals surface area contributed by atoms with Crippen molar-refractivity contribution in [3.63, 3.8) is 0 Å². The summed E-state index contributed by atoms with van der Waals surface area (Å²) in [6.07, 6.45) is -3.69. The van der Waals surface area contributed by atoms with E-state index >= 15 is 0 Å². The van der Waals surface area contributed by atoms with Crippen LogP contribution in [0.2, 0.25) is 0 Å². The minimum Gasteiger partial charge on any atom is -0.395 e. The normalized spacial score (nSPS) is 17.2. The summed E-state index contributed by atoms with van der Waals surface area (Å²) < 4.78 is 47.0. The molecule has 0 bridgehead atoms. The van der Waals surface area contributed by atoms with Crippen molar-refractivity contribution in [2.75, 3.05) is 0 Å². The Morgan fingerprint density at radius 2 is 1.67 bits per heavy atom. The molecule has 0 amide bonds. The first-order valence-electron chi connectivity index (χ1n) is 4.48. The average Bonchev–Trinajstić information content (AvgIpc) is 2.36. The van der Waals surface area contributed by atoms with Gasteiger partial charge in [-0.05, 0) is 17.5 Å². The molecule has 1 aromatic carbocycles. The van der Waals surface area contributed by atoms with Crippen molar-refractivity contribution in [1.82, 2.24) is 0 Å². The van der Waals surface area contributed by atoms with Crippen LogP contribution in [0, 0.1) is 5.82 Å². The lowest BCUT2D eigenvalue weighted by Crippen LogP contribution is -2.25. The van der Waals surface area contributed by atoms with Gasteiger partial charge in [0.1, 0.15) is 5.82 Å². The van der Waals surface area contributed by atoms with Gasteiger partial charge in [0.25, 0.3) is 0 Å². The fraction of sp³-hybridized carbons (Fsp3) is 0.400. The van der Waals surface area contributed by atoms with E-state index in [0.29, 0.717) is 5.56 Å². The molecule has 1 aromatic rings. The molecule has 0 saturated heterocycles. The lowest BCUT2D eigenvalue weighted by Gasteiger charge is -2.07. The molecule has 0 spiro atoms. The molecule has 1 aliphatic heterocycles. The van der Waals surface area contributed by atoms with Crippen LogP contribution in [-0.4, -0.2) is 6.29 Å². The first-order valence-corrected chi connectivity index (χ1v) is 4.48. The van der Waals surface area contributed by atoms with E-state index in [-0.39, 0.29) is 17.4 Å². The Morgan fingerprint density at radius 1 is 1.13 bits per heavy atom. The highest BCUT2D eigenvalue weighted by Gasteiger charge is 2.44. The molecule has 0 atom stereocenters. The van der Waals surface area contributed by atoms with E-state index in [2.05, 4.69) is 9.47 Å². The van der Waals surface area contributed by atoms with Crippen LogP contribution < -0.4 is 9.47 Å². The maximum Gasteiger partial charge on any atom is 0.586 e. The Hall–Kier alpha value is -1.39. The molecule has 1 heterocycles. The lowest BCUT2D eigenvalue weighted by molar-refractivity contribution is -0.286. The third-order valence-electron chi connectivity index (χ3n) is 2.14. The van der Waals surface area contributed by atoms with Gasteiger partial charge >= 0.3 is 6.29 Å². The maximum absolute atomic E-state index is 13.4. The monoisotopic (exact) mass is 218 g/mol. The summed E-state index contributed by atoms with van der Waals surface area (Å²) in [6.45, 7) is 3.53. The third kappa shape index (κ3) is 1.73. The highest BCUT2D eigenvalue weighted by Crippen LogP contribution is 2.43. The van der Waals surface area contributed by atoms with Gasteiger partial charge in [-0.3, -0.25) is 0 Å². The largest absolute Gasteiger partial charge is 0.586 e. The van der Waals surface area contributed by atoms with Gasteiger partial charge in [0.05, 0.1) is 0 Å². The molecule has 0 aromatic heterocycles.